The number of fused-ring (bicyclic) bond motifs is 1. The topological polar surface area (TPSA) is 46.9 Å². The largest absolute Gasteiger partial charge is 0.347 e. The zero-order valence-corrected chi connectivity index (χ0v) is 25.2. The van der Waals surface area contributed by atoms with Crippen LogP contribution in [0.5, 0.6) is 0 Å². The molecule has 1 aromatic heterocycles. The van der Waals surface area contributed by atoms with Crippen LogP contribution in [0.3, 0.4) is 0 Å². The van der Waals surface area contributed by atoms with Gasteiger partial charge in [0.25, 0.3) is 5.91 Å². The van der Waals surface area contributed by atoms with Crippen molar-refractivity contribution in [3.05, 3.63) is 155 Å². The second kappa shape index (κ2) is 12.5. The van der Waals surface area contributed by atoms with Crippen LogP contribution in [0.15, 0.2) is 133 Å². The van der Waals surface area contributed by atoms with E-state index in [4.69, 9.17) is 28.3 Å². The smallest absolute Gasteiger partial charge is 0.272 e. The molecule has 6 rings (SSSR count). The fourth-order valence-corrected chi connectivity index (χ4v) is 10.2. The Morgan fingerprint density at radius 3 is 1.83 bits per heavy atom. The van der Waals surface area contributed by atoms with Gasteiger partial charge in [0.2, 0.25) is 0 Å². The highest BCUT2D eigenvalue weighted by molar-refractivity contribution is 7.95. The predicted molar refractivity (Wildman–Crippen MR) is 178 cm³/mol. The van der Waals surface area contributed by atoms with Crippen LogP contribution in [0, 0.1) is 0 Å². The van der Waals surface area contributed by atoms with E-state index in [1.807, 2.05) is 41.1 Å². The number of halogens is 2. The number of benzene rings is 5. The second-order valence-corrected chi connectivity index (χ2v) is 14.5. The van der Waals surface area contributed by atoms with Gasteiger partial charge in [-0.1, -0.05) is 102 Å². The van der Waals surface area contributed by atoms with E-state index in [0.717, 1.165) is 22.6 Å². The summed E-state index contributed by atoms with van der Waals surface area (Å²) in [6.07, 6.45) is 0.774. The van der Waals surface area contributed by atoms with Crippen molar-refractivity contribution < 1.29 is 4.79 Å². The van der Waals surface area contributed by atoms with Crippen molar-refractivity contribution in [1.29, 1.82) is 0 Å². The van der Waals surface area contributed by atoms with E-state index in [1.165, 1.54) is 15.9 Å². The lowest BCUT2D eigenvalue weighted by atomic mass is 10.2. The zero-order valence-electron chi connectivity index (χ0n) is 22.8. The Kier molecular flexibility index (Phi) is 8.39. The van der Waals surface area contributed by atoms with Gasteiger partial charge in [-0.25, -0.2) is 0 Å². The van der Waals surface area contributed by atoms with Gasteiger partial charge in [0, 0.05) is 15.4 Å². The first-order chi connectivity index (χ1) is 20.6. The predicted octanol–water partition coefficient (Wildman–Crippen LogP) is 7.12. The minimum Gasteiger partial charge on any atom is -0.347 e. The molecule has 1 heterocycles. The first-order valence-electron chi connectivity index (χ1n) is 13.8. The van der Waals surface area contributed by atoms with E-state index in [9.17, 15) is 4.79 Å². The molecule has 0 aliphatic carbocycles. The lowest BCUT2D eigenvalue weighted by Gasteiger charge is -2.27. The average Bonchev–Trinajstić information content (AvgIpc) is 3.40. The van der Waals surface area contributed by atoms with Crippen molar-refractivity contribution >= 4 is 63.2 Å². The molecule has 0 aliphatic heterocycles. The molecule has 0 saturated carbocycles. The number of amides is 1. The van der Waals surface area contributed by atoms with E-state index in [1.54, 1.807) is 6.07 Å². The minimum absolute atomic E-state index is 0.195. The Hall–Kier alpha value is -3.95. The van der Waals surface area contributed by atoms with E-state index in [-0.39, 0.29) is 5.91 Å². The van der Waals surface area contributed by atoms with Crippen molar-refractivity contribution in [2.45, 2.75) is 6.54 Å². The van der Waals surface area contributed by atoms with Crippen LogP contribution in [0.4, 0.5) is 0 Å². The van der Waals surface area contributed by atoms with Crippen molar-refractivity contribution in [3.8, 4) is 0 Å². The lowest BCUT2D eigenvalue weighted by Crippen LogP contribution is -2.38. The van der Waals surface area contributed by atoms with Crippen LogP contribution in [0.2, 0.25) is 10.0 Å². The highest BCUT2D eigenvalue weighted by atomic mass is 35.5. The molecule has 1 N–H and O–H groups in total. The van der Waals surface area contributed by atoms with Crippen LogP contribution in [0.25, 0.3) is 10.9 Å². The third-order valence-electron chi connectivity index (χ3n) is 7.53. The standard InChI is InChI=1S/C35H28Cl2N3OP/c36-27-21-20-26(32(37)24-27)25-40-33-19-11-10-18-31(33)34(39-40)35(41)38-22-23-42(28-12-4-1-5-13-28,29-14-6-2-7-15-29)30-16-8-3-9-17-30/h1-21,24H,22-23,25H2/p+1. The van der Waals surface area contributed by atoms with Gasteiger partial charge in [0.05, 0.1) is 24.8 Å². The maximum atomic E-state index is 13.7. The molecule has 5 aromatic carbocycles. The maximum absolute atomic E-state index is 13.7. The molecule has 0 radical (unpaired) electrons. The molecular formula is C35H29Cl2N3OP+. The van der Waals surface area contributed by atoms with Crippen molar-refractivity contribution in [2.75, 3.05) is 12.7 Å². The number of hydrogen-bond donors (Lipinski definition) is 1. The van der Waals surface area contributed by atoms with Crippen LogP contribution < -0.4 is 21.2 Å². The summed E-state index contributed by atoms with van der Waals surface area (Å²) in [5.74, 6) is -0.195. The molecular weight excluding hydrogens is 580 g/mol. The van der Waals surface area contributed by atoms with Crippen molar-refractivity contribution in [3.63, 3.8) is 0 Å². The molecule has 208 valence electrons. The van der Waals surface area contributed by atoms with Crippen molar-refractivity contribution in [1.82, 2.24) is 15.1 Å². The molecule has 7 heteroatoms. The summed E-state index contributed by atoms with van der Waals surface area (Å²) in [6, 6.07) is 45.2. The van der Waals surface area contributed by atoms with Crippen molar-refractivity contribution in [2.24, 2.45) is 0 Å². The summed E-state index contributed by atoms with van der Waals surface area (Å²) in [6.45, 7) is 0.921. The van der Waals surface area contributed by atoms with Gasteiger partial charge in [0.15, 0.2) is 5.69 Å². The monoisotopic (exact) mass is 608 g/mol. The van der Waals surface area contributed by atoms with Gasteiger partial charge in [-0.3, -0.25) is 9.48 Å². The van der Waals surface area contributed by atoms with E-state index >= 15 is 0 Å². The Morgan fingerprint density at radius 2 is 1.26 bits per heavy atom. The van der Waals surface area contributed by atoms with E-state index < -0.39 is 7.26 Å². The number of carbonyl (C=O) groups excluding carboxylic acids is 1. The number of hydrogen-bond acceptors (Lipinski definition) is 2. The first-order valence-corrected chi connectivity index (χ1v) is 16.5. The molecule has 0 aliphatic rings. The summed E-state index contributed by atoms with van der Waals surface area (Å²) < 4.78 is 1.83. The number of nitrogens with zero attached hydrogens (tertiary/aromatic N) is 2. The number of aromatic nitrogens is 2. The summed E-state index contributed by atoms with van der Waals surface area (Å²) in [7, 11) is -2.07. The van der Waals surface area contributed by atoms with Gasteiger partial charge in [-0.05, 0) is 60.2 Å². The minimum atomic E-state index is -2.07. The molecule has 4 nitrogen and oxygen atoms in total. The molecule has 42 heavy (non-hydrogen) atoms. The van der Waals surface area contributed by atoms with Crippen LogP contribution in [-0.2, 0) is 6.54 Å². The third kappa shape index (κ3) is 5.58. The van der Waals surface area contributed by atoms with Crippen LogP contribution >= 0.6 is 30.5 Å². The fourth-order valence-electron chi connectivity index (χ4n) is 5.53. The zero-order chi connectivity index (χ0) is 28.9. The highest BCUT2D eigenvalue weighted by Gasteiger charge is 2.44. The Morgan fingerprint density at radius 1 is 0.714 bits per heavy atom. The Labute approximate surface area is 256 Å². The quantitative estimate of drug-likeness (QED) is 0.178. The van der Waals surface area contributed by atoms with Gasteiger partial charge < -0.3 is 5.32 Å². The summed E-state index contributed by atoms with van der Waals surface area (Å²) in [4.78, 5) is 13.7. The summed E-state index contributed by atoms with van der Waals surface area (Å²) in [5.41, 5.74) is 2.15. The molecule has 0 bridgehead atoms. The normalized spacial score (nSPS) is 11.5. The fraction of sp³-hybridized carbons (Fsp3) is 0.0857. The highest BCUT2D eigenvalue weighted by Crippen LogP contribution is 2.54. The number of carbonyl (C=O) groups is 1. The number of nitrogens with one attached hydrogen (secondary N) is 1. The average molecular weight is 610 g/mol. The van der Waals surface area contributed by atoms with Crippen LogP contribution in [-0.4, -0.2) is 28.4 Å². The summed E-state index contributed by atoms with van der Waals surface area (Å²) >= 11 is 12.6. The van der Waals surface area contributed by atoms with E-state index in [0.29, 0.717) is 28.8 Å². The second-order valence-electron chi connectivity index (χ2n) is 10.1. The molecule has 1 amide bonds. The van der Waals surface area contributed by atoms with Gasteiger partial charge in [-0.15, -0.1) is 0 Å². The molecule has 0 unspecified atom stereocenters. The third-order valence-corrected chi connectivity index (χ3v) is 12.6. The Balaban J connectivity index is 1.32. The Bertz CT molecular complexity index is 1730. The molecule has 6 aromatic rings. The lowest BCUT2D eigenvalue weighted by molar-refractivity contribution is 0.0952. The van der Waals surface area contributed by atoms with Gasteiger partial charge in [0.1, 0.15) is 23.2 Å². The molecule has 0 atom stereocenters. The molecule has 0 spiro atoms. The SMILES string of the molecule is O=C(NCC[P+](c1ccccc1)(c1ccccc1)c1ccccc1)c1nn(Cc2ccc(Cl)cc2Cl)c2ccccc12. The maximum Gasteiger partial charge on any atom is 0.272 e. The van der Waals surface area contributed by atoms with Gasteiger partial charge >= 0.3 is 0 Å². The van der Waals surface area contributed by atoms with Gasteiger partial charge in [-0.2, -0.15) is 5.10 Å². The van der Waals surface area contributed by atoms with E-state index in [2.05, 4.69) is 96.3 Å². The number of rotatable bonds is 9. The molecule has 0 saturated heterocycles. The van der Waals surface area contributed by atoms with Crippen LogP contribution in [0.1, 0.15) is 16.1 Å². The summed E-state index contributed by atoms with van der Waals surface area (Å²) in [5, 5.41) is 13.8. The number of para-hydroxylation sites is 1. The molecule has 0 fully saturated rings. The first kappa shape index (κ1) is 28.2.